The maximum atomic E-state index is 9.83. The Bertz CT molecular complexity index is 398. The highest BCUT2D eigenvalue weighted by Crippen LogP contribution is 2.35. The SMILES string of the molecule is O[C@@H]1CCOC2(CCN(Cc3ccccc3)CC2)C1. The van der Waals surface area contributed by atoms with Gasteiger partial charge in [0.25, 0.3) is 0 Å². The third kappa shape index (κ3) is 3.16. The zero-order valence-corrected chi connectivity index (χ0v) is 11.4. The van der Waals surface area contributed by atoms with Gasteiger partial charge in [-0.2, -0.15) is 0 Å². The highest BCUT2D eigenvalue weighted by atomic mass is 16.5. The molecular formula is C16H23NO2. The van der Waals surface area contributed by atoms with Crippen LogP contribution in [0.5, 0.6) is 0 Å². The summed E-state index contributed by atoms with van der Waals surface area (Å²) in [6, 6.07) is 10.6. The summed E-state index contributed by atoms with van der Waals surface area (Å²) in [5, 5.41) is 9.83. The molecule has 1 atom stereocenters. The lowest BCUT2D eigenvalue weighted by atomic mass is 9.83. The van der Waals surface area contributed by atoms with Crippen molar-refractivity contribution in [1.29, 1.82) is 0 Å². The van der Waals surface area contributed by atoms with Gasteiger partial charge in [-0.1, -0.05) is 30.3 Å². The van der Waals surface area contributed by atoms with Crippen molar-refractivity contribution in [3.8, 4) is 0 Å². The second kappa shape index (κ2) is 5.61. The number of ether oxygens (including phenoxy) is 1. The minimum absolute atomic E-state index is 0.0369. The number of hydrogen-bond acceptors (Lipinski definition) is 3. The Morgan fingerprint density at radius 1 is 1.21 bits per heavy atom. The lowest BCUT2D eigenvalue weighted by molar-refractivity contribution is -0.143. The van der Waals surface area contributed by atoms with Crippen LogP contribution < -0.4 is 0 Å². The van der Waals surface area contributed by atoms with Crippen LogP contribution in [0.4, 0.5) is 0 Å². The van der Waals surface area contributed by atoms with Crippen LogP contribution in [0.1, 0.15) is 31.2 Å². The molecule has 1 spiro atoms. The third-order valence-corrected chi connectivity index (χ3v) is 4.48. The Morgan fingerprint density at radius 2 is 1.95 bits per heavy atom. The summed E-state index contributed by atoms with van der Waals surface area (Å²) in [5.74, 6) is 0. The standard InChI is InChI=1S/C16H23NO2/c18-15-6-11-19-16(12-15)7-9-17(10-8-16)13-14-4-2-1-3-5-14/h1-5,15,18H,6-13H2/t15-/m1/s1. The van der Waals surface area contributed by atoms with Crippen LogP contribution >= 0.6 is 0 Å². The molecule has 104 valence electrons. The Balaban J connectivity index is 1.54. The van der Waals surface area contributed by atoms with E-state index in [4.69, 9.17) is 4.74 Å². The molecule has 2 saturated heterocycles. The quantitative estimate of drug-likeness (QED) is 0.886. The van der Waals surface area contributed by atoms with E-state index in [1.807, 2.05) is 0 Å². The minimum Gasteiger partial charge on any atom is -0.393 e. The molecular weight excluding hydrogens is 238 g/mol. The fraction of sp³-hybridized carbons (Fsp3) is 0.625. The van der Waals surface area contributed by atoms with Crippen LogP contribution in [0, 0.1) is 0 Å². The lowest BCUT2D eigenvalue weighted by Gasteiger charge is -2.45. The van der Waals surface area contributed by atoms with Crippen LogP contribution in [0.2, 0.25) is 0 Å². The molecule has 2 heterocycles. The third-order valence-electron chi connectivity index (χ3n) is 4.48. The van der Waals surface area contributed by atoms with Crippen molar-refractivity contribution in [2.75, 3.05) is 19.7 Å². The second-order valence-electron chi connectivity index (χ2n) is 5.94. The van der Waals surface area contributed by atoms with Gasteiger partial charge in [0.2, 0.25) is 0 Å². The van der Waals surface area contributed by atoms with Crippen LogP contribution in [0.25, 0.3) is 0 Å². The van der Waals surface area contributed by atoms with Gasteiger partial charge in [-0.05, 0) is 24.8 Å². The van der Waals surface area contributed by atoms with Crippen LogP contribution in [0.15, 0.2) is 30.3 Å². The van der Waals surface area contributed by atoms with Gasteiger partial charge in [-0.25, -0.2) is 0 Å². The van der Waals surface area contributed by atoms with E-state index < -0.39 is 0 Å². The van der Waals surface area contributed by atoms with E-state index in [1.54, 1.807) is 0 Å². The first kappa shape index (κ1) is 13.1. The average Bonchev–Trinajstić information content (AvgIpc) is 2.43. The molecule has 0 aliphatic carbocycles. The zero-order valence-electron chi connectivity index (χ0n) is 11.4. The van der Waals surface area contributed by atoms with Crippen LogP contribution in [0.3, 0.4) is 0 Å². The summed E-state index contributed by atoms with van der Waals surface area (Å²) < 4.78 is 5.99. The zero-order chi connectivity index (χ0) is 13.1. The van der Waals surface area contributed by atoms with E-state index in [1.165, 1.54) is 5.56 Å². The summed E-state index contributed by atoms with van der Waals surface area (Å²) in [4.78, 5) is 2.49. The summed E-state index contributed by atoms with van der Waals surface area (Å²) in [6.07, 6.45) is 3.57. The highest BCUT2D eigenvalue weighted by molar-refractivity contribution is 5.14. The molecule has 2 fully saturated rings. The van der Waals surface area contributed by atoms with Gasteiger partial charge in [-0.15, -0.1) is 0 Å². The van der Waals surface area contributed by atoms with Gasteiger partial charge in [0.1, 0.15) is 0 Å². The largest absolute Gasteiger partial charge is 0.393 e. The van der Waals surface area contributed by atoms with Crippen molar-refractivity contribution < 1.29 is 9.84 Å². The molecule has 1 N–H and O–H groups in total. The summed E-state index contributed by atoms with van der Waals surface area (Å²) in [6.45, 7) is 3.89. The molecule has 3 nitrogen and oxygen atoms in total. The molecule has 2 aliphatic heterocycles. The predicted molar refractivity (Wildman–Crippen MR) is 74.9 cm³/mol. The van der Waals surface area contributed by atoms with Crippen LogP contribution in [-0.4, -0.2) is 41.4 Å². The molecule has 0 radical (unpaired) electrons. The normalized spacial score (nSPS) is 27.5. The fourth-order valence-electron chi connectivity index (χ4n) is 3.31. The first-order valence-electron chi connectivity index (χ1n) is 7.34. The summed E-state index contributed by atoms with van der Waals surface area (Å²) in [7, 11) is 0. The Morgan fingerprint density at radius 3 is 2.63 bits per heavy atom. The fourth-order valence-corrected chi connectivity index (χ4v) is 3.31. The lowest BCUT2D eigenvalue weighted by Crippen LogP contribution is -2.50. The van der Waals surface area contributed by atoms with Crippen molar-refractivity contribution in [2.24, 2.45) is 0 Å². The number of rotatable bonds is 2. The average molecular weight is 261 g/mol. The molecule has 19 heavy (non-hydrogen) atoms. The number of benzene rings is 1. The number of hydrogen-bond donors (Lipinski definition) is 1. The molecule has 0 saturated carbocycles. The molecule has 0 bridgehead atoms. The smallest absolute Gasteiger partial charge is 0.0731 e. The van der Waals surface area contributed by atoms with Crippen molar-refractivity contribution >= 4 is 0 Å². The summed E-state index contributed by atoms with van der Waals surface area (Å²) >= 11 is 0. The van der Waals surface area contributed by atoms with E-state index in [0.29, 0.717) is 0 Å². The predicted octanol–water partition coefficient (Wildman–Crippen LogP) is 2.19. The van der Waals surface area contributed by atoms with E-state index >= 15 is 0 Å². The topological polar surface area (TPSA) is 32.7 Å². The van der Waals surface area contributed by atoms with E-state index in [9.17, 15) is 5.11 Å². The first-order chi connectivity index (χ1) is 9.26. The molecule has 1 aromatic carbocycles. The number of nitrogens with zero attached hydrogens (tertiary/aromatic N) is 1. The van der Waals surface area contributed by atoms with Crippen molar-refractivity contribution in [1.82, 2.24) is 4.90 Å². The Labute approximate surface area is 115 Å². The molecule has 0 aromatic heterocycles. The van der Waals surface area contributed by atoms with Gasteiger partial charge in [-0.3, -0.25) is 4.90 Å². The first-order valence-corrected chi connectivity index (χ1v) is 7.34. The van der Waals surface area contributed by atoms with Crippen molar-refractivity contribution in [2.45, 2.75) is 43.9 Å². The van der Waals surface area contributed by atoms with Gasteiger partial charge in [0.05, 0.1) is 11.7 Å². The van der Waals surface area contributed by atoms with Crippen molar-refractivity contribution in [3.05, 3.63) is 35.9 Å². The van der Waals surface area contributed by atoms with Gasteiger partial charge < -0.3 is 9.84 Å². The van der Waals surface area contributed by atoms with E-state index in [2.05, 4.69) is 35.2 Å². The number of piperidine rings is 1. The van der Waals surface area contributed by atoms with Crippen LogP contribution in [-0.2, 0) is 11.3 Å². The molecule has 3 rings (SSSR count). The Hall–Kier alpha value is -0.900. The molecule has 0 amide bonds. The molecule has 1 aromatic rings. The molecule has 3 heteroatoms. The van der Waals surface area contributed by atoms with Gasteiger partial charge >= 0.3 is 0 Å². The number of aliphatic hydroxyl groups excluding tert-OH is 1. The maximum absolute atomic E-state index is 9.83. The summed E-state index contributed by atoms with van der Waals surface area (Å²) in [5.41, 5.74) is 1.34. The Kier molecular flexibility index (Phi) is 3.87. The van der Waals surface area contributed by atoms with E-state index in [0.717, 1.165) is 51.9 Å². The molecule has 0 unspecified atom stereocenters. The van der Waals surface area contributed by atoms with Crippen molar-refractivity contribution in [3.63, 3.8) is 0 Å². The number of likely N-dealkylation sites (tertiary alicyclic amines) is 1. The maximum Gasteiger partial charge on any atom is 0.0731 e. The van der Waals surface area contributed by atoms with Gasteiger partial charge in [0.15, 0.2) is 0 Å². The number of aliphatic hydroxyl groups is 1. The highest BCUT2D eigenvalue weighted by Gasteiger charge is 2.39. The second-order valence-corrected chi connectivity index (χ2v) is 5.94. The minimum atomic E-state index is -0.158. The monoisotopic (exact) mass is 261 g/mol. The van der Waals surface area contributed by atoms with Gasteiger partial charge in [0, 0.05) is 32.7 Å². The van der Waals surface area contributed by atoms with E-state index in [-0.39, 0.29) is 11.7 Å². The molecule has 2 aliphatic rings.